The zero-order chi connectivity index (χ0) is 20.2. The number of fused-ring (bicyclic) bond motifs is 1. The number of benzene rings is 2. The topological polar surface area (TPSA) is 89.8 Å². The molecule has 0 atom stereocenters. The first-order valence-corrected chi connectivity index (χ1v) is 9.85. The second kappa shape index (κ2) is 8.24. The van der Waals surface area contributed by atoms with E-state index in [2.05, 4.69) is 20.4 Å². The zero-order valence-electron chi connectivity index (χ0n) is 15.6. The van der Waals surface area contributed by atoms with Crippen LogP contribution in [0.1, 0.15) is 20.7 Å². The molecule has 144 valence electrons. The van der Waals surface area contributed by atoms with Crippen LogP contribution in [0, 0.1) is 0 Å². The molecular formula is C21H17N5O2S. The van der Waals surface area contributed by atoms with Gasteiger partial charge in [-0.15, -0.1) is 0 Å². The van der Waals surface area contributed by atoms with Crippen LogP contribution in [0.2, 0.25) is 0 Å². The third-order valence-electron chi connectivity index (χ3n) is 4.33. The number of aromatic nitrogens is 4. The summed E-state index contributed by atoms with van der Waals surface area (Å²) < 4.78 is 1.67. The molecule has 0 fully saturated rings. The standard InChI is InChI=1S/C21H17N5O2S/c1-26-19-17(11-24-26)21(23-13-22-19)29-12-18(27)14-7-9-16(10-8-14)25-20(28)15-5-3-2-4-6-15/h2-11,13H,12H2,1H3,(H,25,28). The molecule has 0 unspecified atom stereocenters. The highest BCUT2D eigenvalue weighted by atomic mass is 32.2. The maximum absolute atomic E-state index is 12.5. The van der Waals surface area contributed by atoms with Crippen molar-refractivity contribution in [1.29, 1.82) is 0 Å². The van der Waals surface area contributed by atoms with Crippen molar-refractivity contribution in [1.82, 2.24) is 19.7 Å². The Kier molecular flexibility index (Phi) is 5.35. The summed E-state index contributed by atoms with van der Waals surface area (Å²) in [5.74, 6) is 0.0348. The van der Waals surface area contributed by atoms with E-state index in [1.54, 1.807) is 47.3 Å². The minimum absolute atomic E-state index is 0.0217. The van der Waals surface area contributed by atoms with E-state index in [1.165, 1.54) is 18.1 Å². The first kappa shape index (κ1) is 18.8. The molecule has 0 aliphatic rings. The summed E-state index contributed by atoms with van der Waals surface area (Å²) in [6, 6.07) is 15.8. The van der Waals surface area contributed by atoms with Crippen molar-refractivity contribution in [2.75, 3.05) is 11.1 Å². The normalized spacial score (nSPS) is 10.8. The molecule has 0 aliphatic heterocycles. The molecule has 2 heterocycles. The van der Waals surface area contributed by atoms with Crippen LogP contribution in [-0.4, -0.2) is 37.2 Å². The van der Waals surface area contributed by atoms with E-state index in [4.69, 9.17) is 0 Å². The highest BCUT2D eigenvalue weighted by Crippen LogP contribution is 2.24. The number of nitrogens with one attached hydrogen (secondary N) is 1. The molecule has 0 saturated carbocycles. The van der Waals surface area contributed by atoms with Crippen LogP contribution in [0.3, 0.4) is 0 Å². The average molecular weight is 403 g/mol. The fourth-order valence-corrected chi connectivity index (χ4v) is 3.66. The number of carbonyl (C=O) groups excluding carboxylic acids is 2. The molecule has 0 spiro atoms. The van der Waals surface area contributed by atoms with Gasteiger partial charge in [0.25, 0.3) is 5.91 Å². The van der Waals surface area contributed by atoms with Gasteiger partial charge in [-0.05, 0) is 36.4 Å². The highest BCUT2D eigenvalue weighted by molar-refractivity contribution is 8.00. The average Bonchev–Trinajstić information content (AvgIpc) is 3.14. The van der Waals surface area contributed by atoms with Gasteiger partial charge in [0, 0.05) is 23.9 Å². The number of rotatable bonds is 6. The number of amides is 1. The van der Waals surface area contributed by atoms with E-state index in [-0.39, 0.29) is 17.4 Å². The number of Topliss-reactive ketones (excluding diaryl/α,β-unsaturated/α-hetero) is 1. The fourth-order valence-electron chi connectivity index (χ4n) is 2.81. The Hall–Kier alpha value is -3.52. The molecule has 0 saturated heterocycles. The van der Waals surface area contributed by atoms with Crippen LogP contribution in [0.25, 0.3) is 11.0 Å². The molecule has 1 amide bonds. The van der Waals surface area contributed by atoms with E-state index in [9.17, 15) is 9.59 Å². The maximum atomic E-state index is 12.5. The molecule has 7 nitrogen and oxygen atoms in total. The van der Waals surface area contributed by atoms with E-state index in [0.29, 0.717) is 16.8 Å². The fraction of sp³-hybridized carbons (Fsp3) is 0.0952. The van der Waals surface area contributed by atoms with Gasteiger partial charge in [-0.2, -0.15) is 5.10 Å². The molecule has 8 heteroatoms. The molecule has 0 bridgehead atoms. The van der Waals surface area contributed by atoms with Crippen molar-refractivity contribution in [2.24, 2.45) is 7.05 Å². The molecular weight excluding hydrogens is 386 g/mol. The quantitative estimate of drug-likeness (QED) is 0.301. The Morgan fingerprint density at radius 2 is 1.76 bits per heavy atom. The summed E-state index contributed by atoms with van der Waals surface area (Å²) in [6.45, 7) is 0. The number of thioether (sulfide) groups is 1. The van der Waals surface area contributed by atoms with Crippen LogP contribution in [0.5, 0.6) is 0 Å². The summed E-state index contributed by atoms with van der Waals surface area (Å²) in [5, 5.41) is 8.55. The molecule has 29 heavy (non-hydrogen) atoms. The van der Waals surface area contributed by atoms with Gasteiger partial charge in [0.05, 0.1) is 17.3 Å². The van der Waals surface area contributed by atoms with Crippen LogP contribution in [0.4, 0.5) is 5.69 Å². The van der Waals surface area contributed by atoms with Crippen molar-refractivity contribution in [3.05, 3.63) is 78.2 Å². The predicted octanol–water partition coefficient (Wildman–Crippen LogP) is 3.59. The Bertz CT molecular complexity index is 1170. The minimum atomic E-state index is -0.190. The molecule has 0 radical (unpaired) electrons. The van der Waals surface area contributed by atoms with Crippen molar-refractivity contribution >= 4 is 40.2 Å². The van der Waals surface area contributed by atoms with Crippen LogP contribution >= 0.6 is 11.8 Å². The molecule has 1 N–H and O–H groups in total. The number of aryl methyl sites for hydroxylation is 1. The van der Waals surface area contributed by atoms with E-state index < -0.39 is 0 Å². The highest BCUT2D eigenvalue weighted by Gasteiger charge is 2.12. The van der Waals surface area contributed by atoms with Gasteiger partial charge in [-0.1, -0.05) is 30.0 Å². The van der Waals surface area contributed by atoms with Crippen LogP contribution < -0.4 is 5.32 Å². The smallest absolute Gasteiger partial charge is 0.255 e. The number of ketones is 1. The van der Waals surface area contributed by atoms with E-state index in [1.807, 2.05) is 25.2 Å². The summed E-state index contributed by atoms with van der Waals surface area (Å²) in [4.78, 5) is 33.2. The van der Waals surface area contributed by atoms with Crippen molar-refractivity contribution in [2.45, 2.75) is 5.03 Å². The van der Waals surface area contributed by atoms with E-state index in [0.717, 1.165) is 16.1 Å². The number of hydrogen-bond donors (Lipinski definition) is 1. The van der Waals surface area contributed by atoms with Crippen LogP contribution in [0.15, 0.2) is 72.1 Å². The van der Waals surface area contributed by atoms with Gasteiger partial charge in [-0.25, -0.2) is 9.97 Å². The number of nitrogens with zero attached hydrogens (tertiary/aromatic N) is 4. The Balaban J connectivity index is 1.40. The lowest BCUT2D eigenvalue weighted by molar-refractivity contribution is 0.101. The molecule has 2 aromatic carbocycles. The SMILES string of the molecule is Cn1ncc2c(SCC(=O)c3ccc(NC(=O)c4ccccc4)cc3)ncnc21. The number of carbonyl (C=O) groups is 2. The van der Waals surface area contributed by atoms with Crippen molar-refractivity contribution < 1.29 is 9.59 Å². The molecule has 0 aliphatic carbocycles. The van der Waals surface area contributed by atoms with Crippen molar-refractivity contribution in [3.63, 3.8) is 0 Å². The van der Waals surface area contributed by atoms with Gasteiger partial charge < -0.3 is 5.32 Å². The number of anilines is 1. The lowest BCUT2D eigenvalue weighted by Gasteiger charge is -2.06. The first-order valence-electron chi connectivity index (χ1n) is 8.87. The van der Waals surface area contributed by atoms with Crippen LogP contribution in [-0.2, 0) is 7.05 Å². The van der Waals surface area contributed by atoms with Gasteiger partial charge in [0.2, 0.25) is 0 Å². The zero-order valence-corrected chi connectivity index (χ0v) is 16.4. The van der Waals surface area contributed by atoms with Gasteiger partial charge in [0.15, 0.2) is 11.4 Å². The second-order valence-electron chi connectivity index (χ2n) is 6.29. The largest absolute Gasteiger partial charge is 0.322 e. The lowest BCUT2D eigenvalue weighted by Crippen LogP contribution is -2.11. The lowest BCUT2D eigenvalue weighted by atomic mass is 10.1. The van der Waals surface area contributed by atoms with E-state index >= 15 is 0 Å². The molecule has 4 rings (SSSR count). The first-order chi connectivity index (χ1) is 14.1. The summed E-state index contributed by atoms with van der Waals surface area (Å²) >= 11 is 1.35. The third-order valence-corrected chi connectivity index (χ3v) is 5.34. The number of hydrogen-bond acceptors (Lipinski definition) is 6. The summed E-state index contributed by atoms with van der Waals surface area (Å²) in [6.07, 6.45) is 3.17. The predicted molar refractivity (Wildman–Crippen MR) is 112 cm³/mol. The molecule has 4 aromatic rings. The Morgan fingerprint density at radius 3 is 2.52 bits per heavy atom. The summed E-state index contributed by atoms with van der Waals surface area (Å²) in [5.41, 5.74) is 2.52. The Labute approximate surface area is 171 Å². The van der Waals surface area contributed by atoms with Gasteiger partial charge in [-0.3, -0.25) is 14.3 Å². The van der Waals surface area contributed by atoms with Crippen molar-refractivity contribution in [3.8, 4) is 0 Å². The van der Waals surface area contributed by atoms with Gasteiger partial charge >= 0.3 is 0 Å². The second-order valence-corrected chi connectivity index (χ2v) is 7.26. The summed E-state index contributed by atoms with van der Waals surface area (Å²) in [7, 11) is 1.81. The Morgan fingerprint density at radius 1 is 1.00 bits per heavy atom. The monoisotopic (exact) mass is 403 g/mol. The van der Waals surface area contributed by atoms with Gasteiger partial charge in [0.1, 0.15) is 11.4 Å². The maximum Gasteiger partial charge on any atom is 0.255 e. The third kappa shape index (κ3) is 4.17. The molecule has 2 aromatic heterocycles. The minimum Gasteiger partial charge on any atom is -0.322 e.